The Labute approximate surface area is 385 Å². The molecule has 0 atom stereocenters. The van der Waals surface area contributed by atoms with Gasteiger partial charge >= 0.3 is 0 Å². The summed E-state index contributed by atoms with van der Waals surface area (Å²) in [4.78, 5) is 0. The van der Waals surface area contributed by atoms with Crippen molar-refractivity contribution in [3.8, 4) is 50.2 Å². The second kappa shape index (κ2) is 14.6. The molecule has 66 heavy (non-hydrogen) atoms. The van der Waals surface area contributed by atoms with E-state index in [0.717, 1.165) is 0 Å². The smallest absolute Gasteiger partial charge is 0.0619 e. The van der Waals surface area contributed by atoms with Crippen molar-refractivity contribution in [3.63, 3.8) is 0 Å². The van der Waals surface area contributed by atoms with Gasteiger partial charge in [-0.3, -0.25) is 0 Å². The number of fused-ring (bicyclic) bond motifs is 10. The number of aromatic nitrogens is 1. The summed E-state index contributed by atoms with van der Waals surface area (Å²) >= 11 is 1.90. The maximum atomic E-state index is 2.52. The topological polar surface area (TPSA) is 4.93 Å². The summed E-state index contributed by atoms with van der Waals surface area (Å²) in [5.41, 5.74) is 13.7. The van der Waals surface area contributed by atoms with E-state index < -0.39 is 0 Å². The molecule has 306 valence electrons. The summed E-state index contributed by atoms with van der Waals surface area (Å²) < 4.78 is 5.11. The van der Waals surface area contributed by atoms with Gasteiger partial charge < -0.3 is 4.57 Å². The van der Waals surface area contributed by atoms with Crippen molar-refractivity contribution in [2.75, 3.05) is 0 Å². The minimum atomic E-state index is 1.21. The van der Waals surface area contributed by atoms with Crippen molar-refractivity contribution in [1.82, 2.24) is 4.57 Å². The molecule has 0 spiro atoms. The number of rotatable bonds is 5. The number of benzene rings is 12. The van der Waals surface area contributed by atoms with Gasteiger partial charge in [0.05, 0.1) is 16.7 Å². The Kier molecular flexibility index (Phi) is 8.22. The van der Waals surface area contributed by atoms with Gasteiger partial charge in [0.25, 0.3) is 0 Å². The van der Waals surface area contributed by atoms with Gasteiger partial charge in [0, 0.05) is 41.7 Å². The van der Waals surface area contributed by atoms with Gasteiger partial charge in [0.1, 0.15) is 0 Å². The molecule has 2 heterocycles. The number of hydrogen-bond acceptors (Lipinski definition) is 1. The van der Waals surface area contributed by atoms with Crippen LogP contribution in [0.15, 0.2) is 237 Å². The van der Waals surface area contributed by atoms with Crippen LogP contribution in [0.5, 0.6) is 0 Å². The minimum absolute atomic E-state index is 1.21. The molecule has 2 aromatic heterocycles. The highest BCUT2D eigenvalue weighted by Gasteiger charge is 2.23. The summed E-state index contributed by atoms with van der Waals surface area (Å²) in [6.45, 7) is 0. The first-order valence-corrected chi connectivity index (χ1v) is 23.6. The molecule has 14 aromatic rings. The highest BCUT2D eigenvalue weighted by Crippen LogP contribution is 2.50. The van der Waals surface area contributed by atoms with Crippen molar-refractivity contribution in [3.05, 3.63) is 237 Å². The molecule has 0 amide bonds. The zero-order valence-corrected chi connectivity index (χ0v) is 36.7. The van der Waals surface area contributed by atoms with E-state index in [9.17, 15) is 0 Å². The van der Waals surface area contributed by atoms with Gasteiger partial charge in [-0.25, -0.2) is 0 Å². The lowest BCUT2D eigenvalue weighted by atomic mass is 9.85. The molecular formula is C64H39NS. The Balaban J connectivity index is 0.998. The Morgan fingerprint density at radius 3 is 1.38 bits per heavy atom. The monoisotopic (exact) mass is 853 g/mol. The highest BCUT2D eigenvalue weighted by atomic mass is 32.1. The van der Waals surface area contributed by atoms with Gasteiger partial charge in [-0.15, -0.1) is 11.3 Å². The SMILES string of the molecule is c1ccc(-c2ccc3c(c2)c2ccccc2n3-c2c3ccccc3c(-c3ccc4c(c3)sc3cccc(-c5c6ccccc6c(-c6ccccc6)c6ccccc56)c34)c3ccccc23)cc1. The molecule has 0 radical (unpaired) electrons. The Bertz CT molecular complexity index is 4160. The van der Waals surface area contributed by atoms with Crippen molar-refractivity contribution < 1.29 is 0 Å². The van der Waals surface area contributed by atoms with Crippen LogP contribution in [0, 0.1) is 0 Å². The number of thiophene rings is 1. The fourth-order valence-corrected chi connectivity index (χ4v) is 12.4. The molecule has 12 aromatic carbocycles. The second-order valence-electron chi connectivity index (χ2n) is 17.5. The molecule has 0 N–H and O–H groups in total. The van der Waals surface area contributed by atoms with Crippen molar-refractivity contribution in [2.24, 2.45) is 0 Å². The molecule has 0 fully saturated rings. The molecule has 1 nitrogen and oxygen atoms in total. The van der Waals surface area contributed by atoms with Crippen LogP contribution in [0.1, 0.15) is 0 Å². The van der Waals surface area contributed by atoms with Crippen LogP contribution < -0.4 is 0 Å². The zero-order chi connectivity index (χ0) is 43.3. The third-order valence-corrected chi connectivity index (χ3v) is 15.1. The molecule has 0 aliphatic rings. The molecule has 0 saturated heterocycles. The van der Waals surface area contributed by atoms with Crippen LogP contribution in [0.3, 0.4) is 0 Å². The lowest BCUT2D eigenvalue weighted by Gasteiger charge is -2.19. The standard InChI is InChI=1S/C64H39NS/c1-3-18-40(19-4-1)42-35-37-57-55(38-42)44-22-15-16-32-56(44)65(57)64-51-29-13-11-27-49(51)61(50-28-12-14-30-52(50)64)43-34-36-53-59(39-43)66-58-33-17-31-54(63(53)58)62-47-25-9-7-23-45(47)60(41-20-5-2-6-21-41)46-24-8-10-26-48(46)62/h1-39H. The molecular weight excluding hydrogens is 815 g/mol. The van der Waals surface area contributed by atoms with E-state index >= 15 is 0 Å². The average Bonchev–Trinajstić information content (AvgIpc) is 3.93. The van der Waals surface area contributed by atoms with Crippen molar-refractivity contribution in [2.45, 2.75) is 0 Å². The molecule has 2 heteroatoms. The van der Waals surface area contributed by atoms with Gasteiger partial charge in [0.2, 0.25) is 0 Å². The van der Waals surface area contributed by atoms with Gasteiger partial charge in [-0.1, -0.05) is 206 Å². The summed E-state index contributed by atoms with van der Waals surface area (Å²) in [5.74, 6) is 0. The van der Waals surface area contributed by atoms with E-state index in [1.807, 2.05) is 11.3 Å². The van der Waals surface area contributed by atoms with E-state index in [4.69, 9.17) is 0 Å². The van der Waals surface area contributed by atoms with E-state index in [2.05, 4.69) is 241 Å². The van der Waals surface area contributed by atoms with Crippen molar-refractivity contribution >= 4 is 96.4 Å². The number of hydrogen-bond donors (Lipinski definition) is 0. The van der Waals surface area contributed by atoms with E-state index in [1.165, 1.54) is 135 Å². The molecule has 0 unspecified atom stereocenters. The first-order chi connectivity index (χ1) is 32.8. The Hall–Kier alpha value is -8.30. The maximum absolute atomic E-state index is 2.52. The molecule has 0 bridgehead atoms. The predicted molar refractivity (Wildman–Crippen MR) is 285 cm³/mol. The summed E-state index contributed by atoms with van der Waals surface area (Å²) in [6, 6.07) is 87.6. The second-order valence-corrected chi connectivity index (χ2v) is 18.5. The van der Waals surface area contributed by atoms with Gasteiger partial charge in [0.15, 0.2) is 0 Å². The van der Waals surface area contributed by atoms with Crippen LogP contribution in [-0.2, 0) is 0 Å². The van der Waals surface area contributed by atoms with Gasteiger partial charge in [-0.2, -0.15) is 0 Å². The maximum Gasteiger partial charge on any atom is 0.0619 e. The van der Waals surface area contributed by atoms with Crippen LogP contribution >= 0.6 is 11.3 Å². The Morgan fingerprint density at radius 1 is 0.258 bits per heavy atom. The third-order valence-electron chi connectivity index (χ3n) is 14.0. The molecule has 0 aliphatic carbocycles. The largest absolute Gasteiger partial charge is 0.308 e. The molecule has 0 aliphatic heterocycles. The van der Waals surface area contributed by atoms with Crippen molar-refractivity contribution in [1.29, 1.82) is 0 Å². The third kappa shape index (κ3) is 5.46. The predicted octanol–water partition coefficient (Wildman–Crippen LogP) is 18.4. The van der Waals surface area contributed by atoms with Crippen LogP contribution in [-0.4, -0.2) is 4.57 Å². The quantitative estimate of drug-likeness (QED) is 0.152. The summed E-state index contributed by atoms with van der Waals surface area (Å²) in [5, 5.41) is 15.2. The normalized spacial score (nSPS) is 11.9. The molecule has 0 saturated carbocycles. The van der Waals surface area contributed by atoms with Gasteiger partial charge in [-0.05, 0) is 107 Å². The van der Waals surface area contributed by atoms with Crippen LogP contribution in [0.25, 0.3) is 135 Å². The highest BCUT2D eigenvalue weighted by molar-refractivity contribution is 7.26. The fraction of sp³-hybridized carbons (Fsp3) is 0. The fourth-order valence-electron chi connectivity index (χ4n) is 11.2. The van der Waals surface area contributed by atoms with Crippen LogP contribution in [0.4, 0.5) is 0 Å². The summed E-state index contributed by atoms with van der Waals surface area (Å²) in [6.07, 6.45) is 0. The van der Waals surface area contributed by atoms with E-state index in [0.29, 0.717) is 0 Å². The Morgan fingerprint density at radius 2 is 0.742 bits per heavy atom. The minimum Gasteiger partial charge on any atom is -0.308 e. The first kappa shape index (κ1) is 37.1. The number of nitrogens with zero attached hydrogens (tertiary/aromatic N) is 1. The average molecular weight is 854 g/mol. The lowest BCUT2D eigenvalue weighted by Crippen LogP contribution is -1.99. The molecule has 14 rings (SSSR count). The first-order valence-electron chi connectivity index (χ1n) is 22.8. The van der Waals surface area contributed by atoms with E-state index in [-0.39, 0.29) is 0 Å². The van der Waals surface area contributed by atoms with E-state index in [1.54, 1.807) is 0 Å². The van der Waals surface area contributed by atoms with Crippen LogP contribution in [0.2, 0.25) is 0 Å². The lowest BCUT2D eigenvalue weighted by molar-refractivity contribution is 1.21. The summed E-state index contributed by atoms with van der Waals surface area (Å²) in [7, 11) is 0. The number of para-hydroxylation sites is 1. The zero-order valence-electron chi connectivity index (χ0n) is 35.9.